The van der Waals surface area contributed by atoms with Crippen LogP contribution in [0.2, 0.25) is 0 Å². The molecule has 6 nitrogen and oxygen atoms in total. The molecule has 0 spiro atoms. The zero-order valence-electron chi connectivity index (χ0n) is 13.3. The quantitative estimate of drug-likeness (QED) is 0.881. The first-order valence-electron chi connectivity index (χ1n) is 7.83. The minimum atomic E-state index is -0.999. The molecular formula is C18H18N2O4. The van der Waals surface area contributed by atoms with Gasteiger partial charge in [0, 0.05) is 23.9 Å². The first kappa shape index (κ1) is 16.0. The first-order valence-corrected chi connectivity index (χ1v) is 7.83. The summed E-state index contributed by atoms with van der Waals surface area (Å²) in [6.07, 6.45) is 4.21. The second-order valence-corrected chi connectivity index (χ2v) is 5.70. The molecule has 1 atom stereocenters. The lowest BCUT2D eigenvalue weighted by Gasteiger charge is -2.23. The zero-order chi connectivity index (χ0) is 17.1. The maximum Gasteiger partial charge on any atom is 0.311 e. The third kappa shape index (κ3) is 3.22. The van der Waals surface area contributed by atoms with Crippen molar-refractivity contribution in [2.75, 3.05) is 11.9 Å². The summed E-state index contributed by atoms with van der Waals surface area (Å²) >= 11 is 0. The molecule has 2 heterocycles. The van der Waals surface area contributed by atoms with Crippen LogP contribution >= 0.6 is 0 Å². The molecule has 1 amide bonds. The standard InChI is InChI=1S/C18H18N2O4/c1-2-5-24-13-6-12(9-19-10-13)11-3-4-16-14(7-11)15(18(22)23)8-17(21)20-16/h3-4,6-7,9-10,15H,2,5,8H2,1H3,(H,20,21)(H,22,23). The number of carboxylic acid groups (broad SMARTS) is 1. The third-order valence-electron chi connectivity index (χ3n) is 3.91. The second kappa shape index (κ2) is 6.70. The number of fused-ring (bicyclic) bond motifs is 1. The summed E-state index contributed by atoms with van der Waals surface area (Å²) in [4.78, 5) is 27.3. The van der Waals surface area contributed by atoms with Crippen molar-refractivity contribution in [1.82, 2.24) is 4.98 Å². The van der Waals surface area contributed by atoms with Crippen LogP contribution in [0.15, 0.2) is 36.7 Å². The highest BCUT2D eigenvalue weighted by Crippen LogP contribution is 2.36. The van der Waals surface area contributed by atoms with Gasteiger partial charge in [-0.25, -0.2) is 0 Å². The Hall–Kier alpha value is -2.89. The van der Waals surface area contributed by atoms with Crippen molar-refractivity contribution < 1.29 is 19.4 Å². The maximum atomic E-state index is 11.6. The lowest BCUT2D eigenvalue weighted by Crippen LogP contribution is -2.27. The topological polar surface area (TPSA) is 88.5 Å². The van der Waals surface area contributed by atoms with E-state index in [0.717, 1.165) is 17.5 Å². The number of carbonyl (C=O) groups is 2. The third-order valence-corrected chi connectivity index (χ3v) is 3.91. The highest BCUT2D eigenvalue weighted by atomic mass is 16.5. The number of pyridine rings is 1. The number of anilines is 1. The molecule has 1 aromatic heterocycles. The highest BCUT2D eigenvalue weighted by Gasteiger charge is 2.30. The fourth-order valence-electron chi connectivity index (χ4n) is 2.74. The normalized spacial score (nSPS) is 16.2. The van der Waals surface area contributed by atoms with E-state index in [4.69, 9.17) is 4.74 Å². The first-order chi connectivity index (χ1) is 11.6. The summed E-state index contributed by atoms with van der Waals surface area (Å²) in [5.41, 5.74) is 2.84. The molecule has 2 N–H and O–H groups in total. The van der Waals surface area contributed by atoms with E-state index in [2.05, 4.69) is 10.3 Å². The number of carbonyl (C=O) groups excluding carboxylic acids is 1. The molecule has 24 heavy (non-hydrogen) atoms. The van der Waals surface area contributed by atoms with E-state index in [0.29, 0.717) is 23.6 Å². The van der Waals surface area contributed by atoms with Gasteiger partial charge in [0.05, 0.1) is 18.7 Å². The van der Waals surface area contributed by atoms with Gasteiger partial charge in [-0.3, -0.25) is 14.6 Å². The summed E-state index contributed by atoms with van der Waals surface area (Å²) in [5, 5.41) is 12.1. The summed E-state index contributed by atoms with van der Waals surface area (Å²) in [5.74, 6) is -1.43. The minimum Gasteiger partial charge on any atom is -0.492 e. The highest BCUT2D eigenvalue weighted by molar-refractivity contribution is 6.00. The summed E-state index contributed by atoms with van der Waals surface area (Å²) < 4.78 is 5.59. The van der Waals surface area contributed by atoms with E-state index >= 15 is 0 Å². The molecule has 0 aliphatic carbocycles. The van der Waals surface area contributed by atoms with Crippen molar-refractivity contribution in [3.63, 3.8) is 0 Å². The Morgan fingerprint density at radius 1 is 1.33 bits per heavy atom. The Kier molecular flexibility index (Phi) is 4.46. The van der Waals surface area contributed by atoms with Crippen LogP contribution < -0.4 is 10.1 Å². The minimum absolute atomic E-state index is 0.0519. The lowest BCUT2D eigenvalue weighted by molar-refractivity contribution is -0.140. The molecule has 0 saturated carbocycles. The van der Waals surface area contributed by atoms with Crippen LogP contribution in [-0.4, -0.2) is 28.6 Å². The van der Waals surface area contributed by atoms with Crippen molar-refractivity contribution in [2.24, 2.45) is 0 Å². The number of nitrogens with zero attached hydrogens (tertiary/aromatic N) is 1. The molecule has 0 saturated heterocycles. The Bertz CT molecular complexity index is 788. The van der Waals surface area contributed by atoms with Crippen molar-refractivity contribution >= 4 is 17.6 Å². The number of rotatable bonds is 5. The van der Waals surface area contributed by atoms with Gasteiger partial charge in [-0.2, -0.15) is 0 Å². The van der Waals surface area contributed by atoms with Crippen molar-refractivity contribution in [1.29, 1.82) is 0 Å². The van der Waals surface area contributed by atoms with E-state index in [1.54, 1.807) is 24.5 Å². The molecular weight excluding hydrogens is 308 g/mol. The smallest absolute Gasteiger partial charge is 0.311 e. The number of amides is 1. The van der Waals surface area contributed by atoms with E-state index in [1.165, 1.54) is 0 Å². The fraction of sp³-hybridized carbons (Fsp3) is 0.278. The molecule has 0 radical (unpaired) electrons. The van der Waals surface area contributed by atoms with Crippen LogP contribution in [0.5, 0.6) is 5.75 Å². The number of ether oxygens (including phenoxy) is 1. The summed E-state index contributed by atoms with van der Waals surface area (Å²) in [6, 6.07) is 7.25. The largest absolute Gasteiger partial charge is 0.492 e. The van der Waals surface area contributed by atoms with Gasteiger partial charge in [0.15, 0.2) is 0 Å². The van der Waals surface area contributed by atoms with Gasteiger partial charge in [-0.05, 0) is 35.7 Å². The van der Waals surface area contributed by atoms with E-state index < -0.39 is 11.9 Å². The number of aliphatic carboxylic acids is 1. The van der Waals surface area contributed by atoms with E-state index in [-0.39, 0.29) is 12.3 Å². The van der Waals surface area contributed by atoms with Crippen molar-refractivity contribution in [2.45, 2.75) is 25.7 Å². The Morgan fingerprint density at radius 3 is 2.92 bits per heavy atom. The van der Waals surface area contributed by atoms with E-state index in [9.17, 15) is 14.7 Å². The Morgan fingerprint density at radius 2 is 2.17 bits per heavy atom. The van der Waals surface area contributed by atoms with Gasteiger partial charge < -0.3 is 15.2 Å². The Balaban J connectivity index is 1.97. The lowest BCUT2D eigenvalue weighted by atomic mass is 9.88. The second-order valence-electron chi connectivity index (χ2n) is 5.70. The molecule has 0 bridgehead atoms. The Labute approximate surface area is 139 Å². The van der Waals surface area contributed by atoms with Crippen LogP contribution in [0.3, 0.4) is 0 Å². The molecule has 0 fully saturated rings. The molecule has 2 aromatic rings. The SMILES string of the molecule is CCCOc1cncc(-c2ccc3c(c2)C(C(=O)O)CC(=O)N3)c1. The summed E-state index contributed by atoms with van der Waals surface area (Å²) in [6.45, 7) is 2.64. The number of hydrogen-bond acceptors (Lipinski definition) is 4. The number of nitrogens with one attached hydrogen (secondary N) is 1. The van der Waals surface area contributed by atoms with Crippen LogP contribution in [0.1, 0.15) is 31.2 Å². The van der Waals surface area contributed by atoms with Crippen molar-refractivity contribution in [3.05, 3.63) is 42.2 Å². The van der Waals surface area contributed by atoms with Gasteiger partial charge in [-0.15, -0.1) is 0 Å². The average molecular weight is 326 g/mol. The molecule has 124 valence electrons. The molecule has 1 unspecified atom stereocenters. The molecule has 1 aliphatic heterocycles. The predicted octanol–water partition coefficient (Wildman–Crippen LogP) is 3.05. The van der Waals surface area contributed by atoms with Gasteiger partial charge in [0.25, 0.3) is 0 Å². The van der Waals surface area contributed by atoms with Gasteiger partial charge in [0.1, 0.15) is 5.75 Å². The van der Waals surface area contributed by atoms with Gasteiger partial charge >= 0.3 is 5.97 Å². The van der Waals surface area contributed by atoms with Gasteiger partial charge in [-0.1, -0.05) is 13.0 Å². The van der Waals surface area contributed by atoms with Crippen LogP contribution in [0.25, 0.3) is 11.1 Å². The van der Waals surface area contributed by atoms with Crippen LogP contribution in [-0.2, 0) is 9.59 Å². The predicted molar refractivity (Wildman–Crippen MR) is 89.1 cm³/mol. The number of benzene rings is 1. The van der Waals surface area contributed by atoms with Crippen LogP contribution in [0, 0.1) is 0 Å². The monoisotopic (exact) mass is 326 g/mol. The van der Waals surface area contributed by atoms with Crippen molar-refractivity contribution in [3.8, 4) is 16.9 Å². The number of aromatic nitrogens is 1. The molecule has 6 heteroatoms. The summed E-state index contributed by atoms with van der Waals surface area (Å²) in [7, 11) is 0. The maximum absolute atomic E-state index is 11.6. The number of carboxylic acids is 1. The molecule has 1 aromatic carbocycles. The fourth-order valence-corrected chi connectivity index (χ4v) is 2.74. The molecule has 1 aliphatic rings. The zero-order valence-corrected chi connectivity index (χ0v) is 13.3. The average Bonchev–Trinajstić information content (AvgIpc) is 2.59. The molecule has 3 rings (SSSR count). The number of hydrogen-bond donors (Lipinski definition) is 2. The van der Waals surface area contributed by atoms with Gasteiger partial charge in [0.2, 0.25) is 5.91 Å². The van der Waals surface area contributed by atoms with Crippen LogP contribution in [0.4, 0.5) is 5.69 Å². The van der Waals surface area contributed by atoms with E-state index in [1.807, 2.05) is 19.1 Å².